The molecule has 0 unspecified atom stereocenters. The lowest BCUT2D eigenvalue weighted by atomic mass is 9.81. The number of rotatable bonds is 1. The third-order valence-electron chi connectivity index (χ3n) is 5.92. The van der Waals surface area contributed by atoms with Gasteiger partial charge in [0.05, 0.1) is 5.56 Å². The molecule has 0 bridgehead atoms. The van der Waals surface area contributed by atoms with Crippen molar-refractivity contribution in [2.45, 2.75) is 29.8 Å². The van der Waals surface area contributed by atoms with Crippen molar-refractivity contribution < 1.29 is 9.53 Å². The molecule has 1 aliphatic heterocycles. The van der Waals surface area contributed by atoms with E-state index in [1.807, 2.05) is 19.1 Å². The van der Waals surface area contributed by atoms with Crippen LogP contribution in [0.2, 0.25) is 0 Å². The van der Waals surface area contributed by atoms with Crippen LogP contribution in [0, 0.1) is 0 Å². The van der Waals surface area contributed by atoms with Gasteiger partial charge in [0.25, 0.3) is 0 Å². The summed E-state index contributed by atoms with van der Waals surface area (Å²) in [4.78, 5) is 12.3. The molecule has 0 saturated carbocycles. The molecule has 134 valence electrons. The zero-order valence-electron chi connectivity index (χ0n) is 15.5. The van der Waals surface area contributed by atoms with E-state index in [9.17, 15) is 4.79 Å². The fraction of sp³-hybridized carbons (Fsp3) is 0.208. The molecule has 1 aliphatic carbocycles. The zero-order valence-corrected chi connectivity index (χ0v) is 17.6. The Morgan fingerprint density at radius 2 is 1.41 bits per heavy atom. The summed E-state index contributed by atoms with van der Waals surface area (Å²) in [5.74, 6) is -0.238. The summed E-state index contributed by atoms with van der Waals surface area (Å²) in [7, 11) is 0. The first-order chi connectivity index (χ1) is 12.8. The second-order valence-electron chi connectivity index (χ2n) is 8.00. The maximum Gasteiger partial charge on any atom is 0.340 e. The SMILES string of the molecule is CC1(C)c2ccccc2-c2ccc(-c3ccc4c(c3)C(=O)O[C@]4(C)I)cc21. The first-order valence-corrected chi connectivity index (χ1v) is 10.2. The normalized spacial score (nSPS) is 21.4. The third-order valence-corrected chi connectivity index (χ3v) is 6.72. The van der Waals surface area contributed by atoms with Crippen LogP contribution in [0.1, 0.15) is 47.8 Å². The largest absolute Gasteiger partial charge is 0.440 e. The van der Waals surface area contributed by atoms with Gasteiger partial charge in [0, 0.05) is 11.0 Å². The van der Waals surface area contributed by atoms with Crippen LogP contribution in [0.15, 0.2) is 60.7 Å². The van der Waals surface area contributed by atoms with Gasteiger partial charge in [-0.05, 0) is 75.0 Å². The van der Waals surface area contributed by atoms with Crippen molar-refractivity contribution in [3.8, 4) is 22.3 Å². The highest BCUT2D eigenvalue weighted by Crippen LogP contribution is 2.50. The summed E-state index contributed by atoms with van der Waals surface area (Å²) < 4.78 is 4.93. The minimum Gasteiger partial charge on any atom is -0.440 e. The standard InChI is InChI=1S/C24H19IO2/c1-23(2)19-7-5-4-6-16(19)17-10-8-15(13-21(17)23)14-9-11-20-18(12-14)22(26)27-24(20,3)25/h4-13H,1-3H3/t24-/m0/s1. The Morgan fingerprint density at radius 3 is 2.22 bits per heavy atom. The monoisotopic (exact) mass is 466 g/mol. The number of halogens is 1. The van der Waals surface area contributed by atoms with Gasteiger partial charge in [0.15, 0.2) is 3.61 Å². The molecule has 0 spiro atoms. The van der Waals surface area contributed by atoms with Gasteiger partial charge >= 0.3 is 5.97 Å². The van der Waals surface area contributed by atoms with Crippen molar-refractivity contribution in [1.29, 1.82) is 0 Å². The van der Waals surface area contributed by atoms with Crippen LogP contribution in [0.5, 0.6) is 0 Å². The summed E-state index contributed by atoms with van der Waals surface area (Å²) in [6.07, 6.45) is 0. The molecule has 3 aromatic carbocycles. The van der Waals surface area contributed by atoms with Crippen molar-refractivity contribution in [3.63, 3.8) is 0 Å². The number of fused-ring (bicyclic) bond motifs is 4. The Balaban J connectivity index is 1.65. The molecule has 1 atom stereocenters. The average Bonchev–Trinajstić information content (AvgIpc) is 3.02. The molecule has 2 aliphatic rings. The smallest absolute Gasteiger partial charge is 0.340 e. The van der Waals surface area contributed by atoms with Crippen LogP contribution in [0.3, 0.4) is 0 Å². The van der Waals surface area contributed by atoms with Crippen molar-refractivity contribution in [1.82, 2.24) is 0 Å². The summed E-state index contributed by atoms with van der Waals surface area (Å²) in [5, 5.41) is 0. The van der Waals surface area contributed by atoms with Gasteiger partial charge in [-0.3, -0.25) is 0 Å². The average molecular weight is 466 g/mol. The Bertz CT molecular complexity index is 1120. The number of benzene rings is 3. The topological polar surface area (TPSA) is 26.3 Å². The summed E-state index contributed by atoms with van der Waals surface area (Å²) in [6, 6.07) is 21.4. The van der Waals surface area contributed by atoms with Crippen molar-refractivity contribution in [2.75, 3.05) is 0 Å². The predicted octanol–water partition coefficient (Wildman–Crippen LogP) is 6.44. The number of hydrogen-bond acceptors (Lipinski definition) is 2. The van der Waals surface area contributed by atoms with Crippen molar-refractivity contribution in [3.05, 3.63) is 82.9 Å². The highest BCUT2D eigenvalue weighted by atomic mass is 127. The quantitative estimate of drug-likeness (QED) is 0.235. The minimum atomic E-state index is -0.579. The molecule has 0 radical (unpaired) electrons. The molecule has 0 amide bonds. The van der Waals surface area contributed by atoms with Crippen LogP contribution in [0.4, 0.5) is 0 Å². The first-order valence-electron chi connectivity index (χ1n) is 9.10. The van der Waals surface area contributed by atoms with Crippen molar-refractivity contribution in [2.24, 2.45) is 0 Å². The van der Waals surface area contributed by atoms with E-state index in [1.54, 1.807) is 0 Å². The minimum absolute atomic E-state index is 0.0294. The lowest BCUT2D eigenvalue weighted by molar-refractivity contribution is 0.0381. The fourth-order valence-electron chi connectivity index (χ4n) is 4.45. The van der Waals surface area contributed by atoms with Crippen LogP contribution in [-0.2, 0) is 13.8 Å². The Kier molecular flexibility index (Phi) is 3.43. The van der Waals surface area contributed by atoms with Gasteiger partial charge in [-0.1, -0.05) is 62.4 Å². The molecule has 0 N–H and O–H groups in total. The molecular weight excluding hydrogens is 447 g/mol. The second kappa shape index (κ2) is 5.44. The number of hydrogen-bond donors (Lipinski definition) is 0. The summed E-state index contributed by atoms with van der Waals surface area (Å²) in [5.41, 5.74) is 9.11. The third kappa shape index (κ3) is 2.34. The van der Waals surface area contributed by atoms with E-state index in [-0.39, 0.29) is 11.4 Å². The number of alkyl halides is 1. The maximum absolute atomic E-state index is 12.3. The van der Waals surface area contributed by atoms with E-state index in [0.29, 0.717) is 5.56 Å². The molecule has 1 heterocycles. The van der Waals surface area contributed by atoms with Crippen LogP contribution in [-0.4, -0.2) is 5.97 Å². The predicted molar refractivity (Wildman–Crippen MR) is 116 cm³/mol. The second-order valence-corrected chi connectivity index (χ2v) is 10.1. The van der Waals surface area contributed by atoms with E-state index in [1.165, 1.54) is 22.3 Å². The van der Waals surface area contributed by atoms with Gasteiger partial charge in [-0.15, -0.1) is 0 Å². The van der Waals surface area contributed by atoms with Crippen LogP contribution in [0.25, 0.3) is 22.3 Å². The van der Waals surface area contributed by atoms with Crippen molar-refractivity contribution >= 4 is 28.6 Å². The highest BCUT2D eigenvalue weighted by molar-refractivity contribution is 14.1. The Morgan fingerprint density at radius 1 is 0.741 bits per heavy atom. The van der Waals surface area contributed by atoms with E-state index >= 15 is 0 Å². The number of carbonyl (C=O) groups excluding carboxylic acids is 1. The molecule has 3 aromatic rings. The van der Waals surface area contributed by atoms with E-state index < -0.39 is 3.61 Å². The Labute approximate surface area is 172 Å². The van der Waals surface area contributed by atoms with Gasteiger partial charge in [0.2, 0.25) is 0 Å². The fourth-order valence-corrected chi connectivity index (χ4v) is 5.12. The van der Waals surface area contributed by atoms with E-state index in [0.717, 1.165) is 16.7 Å². The molecule has 0 fully saturated rings. The number of cyclic esters (lactones) is 1. The van der Waals surface area contributed by atoms with Crippen LogP contribution < -0.4 is 0 Å². The first kappa shape index (κ1) is 17.0. The lowest BCUT2D eigenvalue weighted by Crippen LogP contribution is -2.14. The van der Waals surface area contributed by atoms with Crippen LogP contribution >= 0.6 is 22.6 Å². The van der Waals surface area contributed by atoms with Gasteiger partial charge in [-0.2, -0.15) is 0 Å². The number of esters is 1. The van der Waals surface area contributed by atoms with Gasteiger partial charge in [0.1, 0.15) is 0 Å². The highest BCUT2D eigenvalue weighted by Gasteiger charge is 2.39. The van der Waals surface area contributed by atoms with Gasteiger partial charge < -0.3 is 4.74 Å². The molecular formula is C24H19IO2. The lowest BCUT2D eigenvalue weighted by Gasteiger charge is -2.22. The molecule has 2 nitrogen and oxygen atoms in total. The summed E-state index contributed by atoms with van der Waals surface area (Å²) >= 11 is 2.18. The van der Waals surface area contributed by atoms with Gasteiger partial charge in [-0.25, -0.2) is 4.79 Å². The van der Waals surface area contributed by atoms with E-state index in [2.05, 4.69) is 85.0 Å². The molecule has 0 aromatic heterocycles. The Hall–Kier alpha value is -2.14. The maximum atomic E-state index is 12.3. The summed E-state index contributed by atoms with van der Waals surface area (Å²) in [6.45, 7) is 6.48. The molecule has 27 heavy (non-hydrogen) atoms. The zero-order chi connectivity index (χ0) is 19.0. The molecule has 0 saturated heterocycles. The number of carbonyl (C=O) groups is 1. The molecule has 5 rings (SSSR count). The molecule has 3 heteroatoms. The van der Waals surface area contributed by atoms with E-state index in [4.69, 9.17) is 4.74 Å². The number of ether oxygens (including phenoxy) is 1.